The average Bonchev–Trinajstić information content (AvgIpc) is 2.72. The molecule has 0 unspecified atom stereocenters. The zero-order valence-electron chi connectivity index (χ0n) is 18.0. The number of ether oxygens (including phenoxy) is 1. The number of anilines is 1. The first kappa shape index (κ1) is 20.6. The highest BCUT2D eigenvalue weighted by Crippen LogP contribution is 2.19. The Morgan fingerprint density at radius 1 is 1.07 bits per heavy atom. The zero-order chi connectivity index (χ0) is 21.3. The number of carbonyl (C=O) groups is 1. The van der Waals surface area contributed by atoms with Crippen LogP contribution < -0.4 is 27.4 Å². The molecule has 1 saturated heterocycles. The summed E-state index contributed by atoms with van der Waals surface area (Å²) in [5.74, 6) is 0.432. The molecule has 1 N–H and O–H groups in total. The predicted molar refractivity (Wildman–Crippen MR) is 131 cm³/mol. The molecule has 3 aromatic rings. The summed E-state index contributed by atoms with van der Waals surface area (Å²) in [6.45, 7) is 3.21. The smallest absolute Gasteiger partial charge is 0.239 e. The van der Waals surface area contributed by atoms with Gasteiger partial charge in [0.1, 0.15) is 21.5 Å². The maximum absolute atomic E-state index is 12.4. The zero-order valence-corrected chi connectivity index (χ0v) is 18.0. The molecule has 7 nitrogen and oxygen atoms in total. The number of nitrogens with one attached hydrogen (secondary N) is 1. The Morgan fingerprint density at radius 2 is 1.83 bits per heavy atom. The van der Waals surface area contributed by atoms with Gasteiger partial charge in [-0.3, -0.25) is 14.7 Å². The summed E-state index contributed by atoms with van der Waals surface area (Å²) >= 11 is 0. The standard InChI is InChI=1S/C19H23B4N5O2/c20-16-15(18(22)27-19(23)17(16)21)11-2-1-10-8-24-13(7-12(10)25-11)26-14(29)9-28-3-5-30-6-4-28/h1-2,7-8H,3-6,9,20-23H2,(H,24,26,29). The fraction of sp³-hybridized carbons (Fsp3) is 0.263. The van der Waals surface area contributed by atoms with Crippen molar-refractivity contribution in [3.8, 4) is 11.3 Å². The molecule has 0 atom stereocenters. The minimum absolute atomic E-state index is 0.0787. The van der Waals surface area contributed by atoms with Crippen molar-refractivity contribution in [3.05, 3.63) is 24.4 Å². The van der Waals surface area contributed by atoms with Gasteiger partial charge in [0.15, 0.2) is 15.7 Å². The summed E-state index contributed by atoms with van der Waals surface area (Å²) in [6, 6.07) is 5.85. The maximum atomic E-state index is 12.4. The largest absolute Gasteiger partial charge is 0.379 e. The second-order valence-corrected chi connectivity index (χ2v) is 7.80. The van der Waals surface area contributed by atoms with E-state index in [0.29, 0.717) is 25.6 Å². The third-order valence-corrected chi connectivity index (χ3v) is 5.75. The van der Waals surface area contributed by atoms with Crippen molar-refractivity contribution in [2.24, 2.45) is 0 Å². The van der Waals surface area contributed by atoms with Crippen LogP contribution in [0.2, 0.25) is 0 Å². The summed E-state index contributed by atoms with van der Waals surface area (Å²) in [4.78, 5) is 28.4. The van der Waals surface area contributed by atoms with Crippen LogP contribution >= 0.6 is 0 Å². The molecule has 0 saturated carbocycles. The van der Waals surface area contributed by atoms with Crippen molar-refractivity contribution in [1.82, 2.24) is 19.9 Å². The van der Waals surface area contributed by atoms with Gasteiger partial charge in [-0.1, -0.05) is 10.9 Å². The molecular weight excluding hydrogens is 373 g/mol. The molecule has 11 heteroatoms. The van der Waals surface area contributed by atoms with Gasteiger partial charge in [-0.15, -0.1) is 0 Å². The van der Waals surface area contributed by atoms with Crippen molar-refractivity contribution in [1.29, 1.82) is 0 Å². The molecule has 0 radical (unpaired) electrons. The average molecular weight is 397 g/mol. The van der Waals surface area contributed by atoms with Gasteiger partial charge < -0.3 is 10.1 Å². The first-order valence-corrected chi connectivity index (χ1v) is 10.2. The van der Waals surface area contributed by atoms with E-state index >= 15 is 0 Å². The SMILES string of the molecule is Bc1nc(B)c(-c2ccc3cnc(NC(=O)CN4CCOCC4)cc3n2)c(B)c1B. The first-order valence-electron chi connectivity index (χ1n) is 10.2. The van der Waals surface area contributed by atoms with Crippen LogP contribution in [0.5, 0.6) is 0 Å². The highest BCUT2D eigenvalue weighted by atomic mass is 16.5. The Balaban J connectivity index is 1.60. The molecule has 0 spiro atoms. The molecule has 0 bridgehead atoms. The normalized spacial score (nSPS) is 14.7. The minimum Gasteiger partial charge on any atom is -0.379 e. The van der Waals surface area contributed by atoms with Crippen LogP contribution in [0.1, 0.15) is 0 Å². The summed E-state index contributed by atoms with van der Waals surface area (Å²) in [6.07, 6.45) is 1.74. The fourth-order valence-corrected chi connectivity index (χ4v) is 3.87. The summed E-state index contributed by atoms with van der Waals surface area (Å²) in [7, 11) is 8.25. The fourth-order valence-electron chi connectivity index (χ4n) is 3.87. The molecular formula is C19H23B4N5O2. The number of carbonyl (C=O) groups excluding carboxylic acids is 1. The van der Waals surface area contributed by atoms with E-state index in [-0.39, 0.29) is 5.91 Å². The van der Waals surface area contributed by atoms with E-state index in [2.05, 4.69) is 35.9 Å². The topological polar surface area (TPSA) is 80.2 Å². The number of fused-ring (bicyclic) bond motifs is 1. The number of morpholine rings is 1. The minimum atomic E-state index is -0.0787. The third-order valence-electron chi connectivity index (χ3n) is 5.75. The number of pyridine rings is 3. The van der Waals surface area contributed by atoms with Crippen molar-refractivity contribution >= 4 is 76.1 Å². The van der Waals surface area contributed by atoms with Crippen LogP contribution in [-0.4, -0.2) is 90.0 Å². The molecule has 3 aromatic heterocycles. The molecule has 30 heavy (non-hydrogen) atoms. The summed E-state index contributed by atoms with van der Waals surface area (Å²) in [5.41, 5.74) is 7.13. The molecule has 1 fully saturated rings. The van der Waals surface area contributed by atoms with E-state index in [0.717, 1.165) is 46.4 Å². The van der Waals surface area contributed by atoms with Gasteiger partial charge in [0.05, 0.1) is 31.0 Å². The predicted octanol–water partition coefficient (Wildman–Crippen LogP) is -5.00. The molecule has 4 rings (SSSR count). The first-order chi connectivity index (χ1) is 14.4. The molecule has 148 valence electrons. The van der Waals surface area contributed by atoms with E-state index in [1.807, 2.05) is 33.9 Å². The Hall–Kier alpha value is -2.64. The van der Waals surface area contributed by atoms with Crippen molar-refractivity contribution in [3.63, 3.8) is 0 Å². The Labute approximate surface area is 179 Å². The molecule has 0 aromatic carbocycles. The van der Waals surface area contributed by atoms with E-state index in [1.165, 1.54) is 10.9 Å². The third kappa shape index (κ3) is 4.27. The van der Waals surface area contributed by atoms with Crippen molar-refractivity contribution < 1.29 is 9.53 Å². The quantitative estimate of drug-likeness (QED) is 0.445. The van der Waals surface area contributed by atoms with E-state index in [9.17, 15) is 4.79 Å². The lowest BCUT2D eigenvalue weighted by Crippen LogP contribution is -2.47. The lowest BCUT2D eigenvalue weighted by atomic mass is 9.70. The van der Waals surface area contributed by atoms with Crippen molar-refractivity contribution in [2.45, 2.75) is 0 Å². The van der Waals surface area contributed by atoms with E-state index < -0.39 is 0 Å². The van der Waals surface area contributed by atoms with Gasteiger partial charge >= 0.3 is 0 Å². The Bertz CT molecular complexity index is 1120. The van der Waals surface area contributed by atoms with Gasteiger partial charge in [0.2, 0.25) is 5.91 Å². The highest BCUT2D eigenvalue weighted by molar-refractivity contribution is 6.59. The lowest BCUT2D eigenvalue weighted by Gasteiger charge is -2.25. The summed E-state index contributed by atoms with van der Waals surface area (Å²) < 4.78 is 5.33. The number of amides is 1. The number of rotatable bonds is 4. The lowest BCUT2D eigenvalue weighted by molar-refractivity contribution is -0.118. The van der Waals surface area contributed by atoms with Gasteiger partial charge in [0, 0.05) is 41.9 Å². The van der Waals surface area contributed by atoms with Crippen LogP contribution in [0.4, 0.5) is 5.82 Å². The van der Waals surface area contributed by atoms with E-state index in [1.54, 1.807) is 6.20 Å². The monoisotopic (exact) mass is 397 g/mol. The summed E-state index contributed by atoms with van der Waals surface area (Å²) in [5, 5.41) is 3.82. The van der Waals surface area contributed by atoms with Crippen LogP contribution in [0, 0.1) is 0 Å². The second-order valence-electron chi connectivity index (χ2n) is 7.80. The number of nitrogens with zero attached hydrogens (tertiary/aromatic N) is 4. The molecule has 0 aliphatic carbocycles. The van der Waals surface area contributed by atoms with Gasteiger partial charge in [-0.05, 0) is 17.7 Å². The molecule has 1 aliphatic rings. The van der Waals surface area contributed by atoms with Crippen LogP contribution in [-0.2, 0) is 9.53 Å². The molecule has 1 aliphatic heterocycles. The number of hydrogen-bond acceptors (Lipinski definition) is 6. The number of aromatic nitrogens is 3. The Kier molecular flexibility index (Phi) is 5.92. The highest BCUT2D eigenvalue weighted by Gasteiger charge is 2.16. The maximum Gasteiger partial charge on any atom is 0.239 e. The van der Waals surface area contributed by atoms with Crippen LogP contribution in [0.3, 0.4) is 0 Å². The van der Waals surface area contributed by atoms with E-state index in [4.69, 9.17) is 9.72 Å². The van der Waals surface area contributed by atoms with Gasteiger partial charge in [-0.25, -0.2) is 9.97 Å². The van der Waals surface area contributed by atoms with Gasteiger partial charge in [-0.2, -0.15) is 0 Å². The van der Waals surface area contributed by atoms with Crippen molar-refractivity contribution in [2.75, 3.05) is 38.2 Å². The second kappa shape index (κ2) is 8.61. The molecule has 1 amide bonds. The number of hydrogen-bond donors (Lipinski definition) is 1. The van der Waals surface area contributed by atoms with Crippen LogP contribution in [0.25, 0.3) is 22.2 Å². The Morgan fingerprint density at radius 3 is 2.60 bits per heavy atom. The van der Waals surface area contributed by atoms with Gasteiger partial charge in [0.25, 0.3) is 0 Å². The van der Waals surface area contributed by atoms with Crippen LogP contribution in [0.15, 0.2) is 24.4 Å². The molecule has 4 heterocycles.